The maximum atomic E-state index is 15.6. The number of fused-ring (bicyclic) bond motifs is 2. The zero-order valence-corrected chi connectivity index (χ0v) is 21.1. The van der Waals surface area contributed by atoms with Gasteiger partial charge in [-0.1, -0.05) is 31.0 Å². The number of aryl methyl sites for hydroxylation is 2. The van der Waals surface area contributed by atoms with E-state index in [9.17, 15) is 14.7 Å². The van der Waals surface area contributed by atoms with E-state index < -0.39 is 28.3 Å². The summed E-state index contributed by atoms with van der Waals surface area (Å²) in [6.45, 7) is 2.76. The van der Waals surface area contributed by atoms with Crippen LogP contribution >= 0.6 is 0 Å². The molecule has 1 aliphatic heterocycles. The molecule has 0 radical (unpaired) electrons. The third-order valence-electron chi connectivity index (χ3n) is 8.02. The molecule has 8 nitrogen and oxygen atoms in total. The van der Waals surface area contributed by atoms with Gasteiger partial charge in [0.1, 0.15) is 17.9 Å². The van der Waals surface area contributed by atoms with Gasteiger partial charge in [0.2, 0.25) is 5.43 Å². The van der Waals surface area contributed by atoms with Crippen molar-refractivity contribution in [1.29, 1.82) is 0 Å². The minimum atomic E-state index is -1.36. The number of carboxylic acids is 1. The first-order valence-corrected chi connectivity index (χ1v) is 13.0. The number of rotatable bonds is 6. The Morgan fingerprint density at radius 2 is 2.05 bits per heavy atom. The standard InChI is InChI=1S/C29H29FN4O4/c1-16-13-17(33-20-9-3-2-8-18(16)20)7-6-12-32-24-22(30)23(31)21-25-27(24)38-15-29(10-4-5-11-29)34(25)14-19(26(21)35)28(36)37/h2-3,8-9,13-14,32H,4-7,10-12,15,31H2,1H3,(H,36,37). The summed E-state index contributed by atoms with van der Waals surface area (Å²) in [4.78, 5) is 29.8. The molecule has 0 bridgehead atoms. The van der Waals surface area contributed by atoms with Crippen molar-refractivity contribution in [2.24, 2.45) is 0 Å². The molecule has 6 rings (SSSR count). The van der Waals surface area contributed by atoms with Gasteiger partial charge in [0, 0.05) is 23.8 Å². The third-order valence-corrected chi connectivity index (χ3v) is 8.02. The number of hydrogen-bond donors (Lipinski definition) is 3. The number of nitrogens with one attached hydrogen (secondary N) is 1. The molecule has 1 spiro atoms. The number of carbonyl (C=O) groups is 1. The quantitative estimate of drug-likeness (QED) is 0.244. The number of nitrogen functional groups attached to an aromatic ring is 1. The van der Waals surface area contributed by atoms with Crippen molar-refractivity contribution in [2.75, 3.05) is 24.2 Å². The second-order valence-corrected chi connectivity index (χ2v) is 10.4. The number of aromatic nitrogens is 2. The van der Waals surface area contributed by atoms with Gasteiger partial charge in [0.05, 0.1) is 27.6 Å². The molecule has 2 aromatic carbocycles. The maximum absolute atomic E-state index is 15.6. The van der Waals surface area contributed by atoms with Gasteiger partial charge < -0.3 is 25.5 Å². The van der Waals surface area contributed by atoms with E-state index in [1.165, 1.54) is 6.20 Å². The molecule has 1 aliphatic carbocycles. The molecule has 0 amide bonds. The fourth-order valence-electron chi connectivity index (χ4n) is 6.10. The number of hydrogen-bond acceptors (Lipinski definition) is 6. The Balaban J connectivity index is 1.35. The van der Waals surface area contributed by atoms with Crippen LogP contribution in [0, 0.1) is 12.7 Å². The maximum Gasteiger partial charge on any atom is 0.341 e. The lowest BCUT2D eigenvalue weighted by molar-refractivity contribution is 0.0692. The van der Waals surface area contributed by atoms with E-state index in [-0.39, 0.29) is 29.1 Å². The van der Waals surface area contributed by atoms with Crippen LogP contribution in [0.25, 0.3) is 21.8 Å². The summed E-state index contributed by atoms with van der Waals surface area (Å²) >= 11 is 0. The highest BCUT2D eigenvalue weighted by Gasteiger charge is 2.43. The number of ether oxygens (including phenoxy) is 1. The van der Waals surface area contributed by atoms with Crippen LogP contribution in [0.4, 0.5) is 15.8 Å². The van der Waals surface area contributed by atoms with Crippen LogP contribution in [0.15, 0.2) is 41.3 Å². The van der Waals surface area contributed by atoms with Gasteiger partial charge in [0.25, 0.3) is 0 Å². The largest absolute Gasteiger partial charge is 0.487 e. The summed E-state index contributed by atoms with van der Waals surface area (Å²) in [5.74, 6) is -1.96. The molecule has 0 atom stereocenters. The van der Waals surface area contributed by atoms with Crippen molar-refractivity contribution >= 4 is 39.1 Å². The molecular weight excluding hydrogens is 487 g/mol. The highest BCUT2D eigenvalue weighted by atomic mass is 19.1. The van der Waals surface area contributed by atoms with E-state index >= 15 is 4.39 Å². The first kappa shape index (κ1) is 24.2. The number of halogens is 1. The monoisotopic (exact) mass is 516 g/mol. The van der Waals surface area contributed by atoms with Crippen molar-refractivity contribution in [3.05, 3.63) is 69.4 Å². The first-order chi connectivity index (χ1) is 18.3. The lowest BCUT2D eigenvalue weighted by Crippen LogP contribution is -2.42. The number of anilines is 2. The van der Waals surface area contributed by atoms with Crippen LogP contribution in [0.5, 0.6) is 5.75 Å². The highest BCUT2D eigenvalue weighted by molar-refractivity contribution is 6.03. The van der Waals surface area contributed by atoms with Crippen LogP contribution in [-0.2, 0) is 12.0 Å². The highest BCUT2D eigenvalue weighted by Crippen LogP contribution is 2.48. The molecule has 196 valence electrons. The third kappa shape index (κ3) is 3.68. The number of nitrogens with zero attached hydrogens (tertiary/aromatic N) is 2. The van der Waals surface area contributed by atoms with Crippen molar-refractivity contribution in [1.82, 2.24) is 9.55 Å². The summed E-state index contributed by atoms with van der Waals surface area (Å²) in [7, 11) is 0. The molecule has 2 aromatic heterocycles. The van der Waals surface area contributed by atoms with Crippen LogP contribution in [0.3, 0.4) is 0 Å². The van der Waals surface area contributed by atoms with E-state index in [0.717, 1.165) is 47.8 Å². The molecule has 3 heterocycles. The normalized spacial score (nSPS) is 15.7. The SMILES string of the molecule is Cc1cc(CCCNc2c(F)c(N)c3c(=O)c(C(=O)O)cn4c3c2OCC42CCCC2)nc2ccccc12. The van der Waals surface area contributed by atoms with Crippen molar-refractivity contribution < 1.29 is 19.0 Å². The molecule has 4 aromatic rings. The van der Waals surface area contributed by atoms with Crippen LogP contribution in [0.2, 0.25) is 0 Å². The fraction of sp³-hybridized carbons (Fsp3) is 0.345. The molecule has 1 fully saturated rings. The van der Waals surface area contributed by atoms with Gasteiger partial charge in [-0.3, -0.25) is 9.78 Å². The number of benzene rings is 2. The number of aromatic carboxylic acids is 1. The average molecular weight is 517 g/mol. The number of carboxylic acid groups (broad SMARTS) is 1. The Morgan fingerprint density at radius 1 is 1.29 bits per heavy atom. The first-order valence-electron chi connectivity index (χ1n) is 13.0. The van der Waals surface area contributed by atoms with Crippen LogP contribution in [-0.4, -0.2) is 33.8 Å². The molecule has 0 saturated heterocycles. The second kappa shape index (κ2) is 9.01. The average Bonchev–Trinajstić information content (AvgIpc) is 3.37. The molecule has 4 N–H and O–H groups in total. The topological polar surface area (TPSA) is 119 Å². The summed E-state index contributed by atoms with van der Waals surface area (Å²) in [6, 6.07) is 10.1. The molecule has 1 saturated carbocycles. The summed E-state index contributed by atoms with van der Waals surface area (Å²) < 4.78 is 23.6. The molecule has 38 heavy (non-hydrogen) atoms. The van der Waals surface area contributed by atoms with Crippen molar-refractivity contribution in [2.45, 2.75) is 51.0 Å². The van der Waals surface area contributed by atoms with E-state index in [0.29, 0.717) is 24.9 Å². The zero-order valence-electron chi connectivity index (χ0n) is 21.1. The predicted octanol–water partition coefficient (Wildman–Crippen LogP) is 4.98. The lowest BCUT2D eigenvalue weighted by atomic mass is 9.93. The van der Waals surface area contributed by atoms with E-state index in [1.54, 1.807) is 0 Å². The van der Waals surface area contributed by atoms with Gasteiger partial charge >= 0.3 is 5.97 Å². The fourth-order valence-corrected chi connectivity index (χ4v) is 6.10. The Labute approximate surface area is 218 Å². The van der Waals surface area contributed by atoms with E-state index in [2.05, 4.69) is 24.4 Å². The Bertz CT molecular complexity index is 1670. The lowest BCUT2D eigenvalue weighted by Gasteiger charge is -2.39. The summed E-state index contributed by atoms with van der Waals surface area (Å²) in [6.07, 6.45) is 6.23. The van der Waals surface area contributed by atoms with Gasteiger partial charge in [-0.15, -0.1) is 0 Å². The Kier molecular flexibility index (Phi) is 5.74. The van der Waals surface area contributed by atoms with Crippen molar-refractivity contribution in [3.63, 3.8) is 0 Å². The molecule has 2 aliphatic rings. The predicted molar refractivity (Wildman–Crippen MR) is 145 cm³/mol. The summed E-state index contributed by atoms with van der Waals surface area (Å²) in [5, 5.41) is 13.8. The van der Waals surface area contributed by atoms with Gasteiger partial charge in [-0.2, -0.15) is 0 Å². The smallest absolute Gasteiger partial charge is 0.341 e. The van der Waals surface area contributed by atoms with E-state index in [4.69, 9.17) is 15.5 Å². The molecule has 9 heteroatoms. The number of nitrogens with two attached hydrogens (primary N) is 1. The minimum Gasteiger partial charge on any atom is -0.487 e. The van der Waals surface area contributed by atoms with Crippen molar-refractivity contribution in [3.8, 4) is 5.75 Å². The molecule has 0 unspecified atom stereocenters. The molecular formula is C29H29FN4O4. The van der Waals surface area contributed by atoms with Crippen LogP contribution < -0.4 is 21.2 Å². The van der Waals surface area contributed by atoms with E-state index in [1.807, 2.05) is 22.8 Å². The summed E-state index contributed by atoms with van der Waals surface area (Å²) in [5.41, 5.74) is 7.63. The van der Waals surface area contributed by atoms with Gasteiger partial charge in [-0.25, -0.2) is 9.18 Å². The van der Waals surface area contributed by atoms with Gasteiger partial charge in [-0.05, 0) is 50.3 Å². The number of pyridine rings is 2. The van der Waals surface area contributed by atoms with Crippen LogP contribution in [0.1, 0.15) is 53.7 Å². The number of para-hydroxylation sites is 1. The Hall–Kier alpha value is -4.14. The second-order valence-electron chi connectivity index (χ2n) is 10.4. The van der Waals surface area contributed by atoms with Gasteiger partial charge in [0.15, 0.2) is 11.6 Å². The Morgan fingerprint density at radius 3 is 2.82 bits per heavy atom. The minimum absolute atomic E-state index is 0.0988. The zero-order chi connectivity index (χ0) is 26.6.